The van der Waals surface area contributed by atoms with E-state index >= 15 is 0 Å². The monoisotopic (exact) mass is 584 g/mol. The number of halogens is 2. The summed E-state index contributed by atoms with van der Waals surface area (Å²) in [6, 6.07) is 11.7. The van der Waals surface area contributed by atoms with Gasteiger partial charge in [-0.1, -0.05) is 29.8 Å². The summed E-state index contributed by atoms with van der Waals surface area (Å²) in [6.07, 6.45) is 1.98. The Morgan fingerprint density at radius 3 is 2.15 bits per heavy atom. The Balaban J connectivity index is 1.55. The van der Waals surface area contributed by atoms with Crippen molar-refractivity contribution >= 4 is 52.5 Å². The Bertz CT molecular complexity index is 1490. The highest BCUT2D eigenvalue weighted by atomic mass is 35.5. The number of benzene rings is 2. The molecule has 2 aromatic carbocycles. The Morgan fingerprint density at radius 2 is 1.55 bits per heavy atom. The number of hydrogen-bond acceptors (Lipinski definition) is 7. The van der Waals surface area contributed by atoms with Gasteiger partial charge in [0.15, 0.2) is 21.2 Å². The fraction of sp³-hybridized carbons (Fsp3) is 0.379. The van der Waals surface area contributed by atoms with E-state index in [4.69, 9.17) is 32.7 Å². The molecule has 9 nitrogen and oxygen atoms in total. The van der Waals surface area contributed by atoms with Crippen LogP contribution in [0.5, 0.6) is 17.2 Å². The summed E-state index contributed by atoms with van der Waals surface area (Å²) in [5, 5.41) is 10.6. The number of nitrogens with zero attached hydrogens (tertiary/aromatic N) is 2. The lowest BCUT2D eigenvalue weighted by molar-refractivity contribution is -0.138. The Labute approximate surface area is 240 Å². The second kappa shape index (κ2) is 8.97. The van der Waals surface area contributed by atoms with Crippen LogP contribution < -0.4 is 14.4 Å². The third kappa shape index (κ3) is 3.22. The summed E-state index contributed by atoms with van der Waals surface area (Å²) in [4.78, 5) is 53.0. The number of ether oxygens (including phenoxy) is 2. The van der Waals surface area contributed by atoms with Crippen LogP contribution in [0, 0.1) is 17.8 Å². The number of carbonyl (C=O) groups is 4. The number of methoxy groups -OCH3 is 2. The number of allylic oxidation sites excluding steroid dienone is 2. The van der Waals surface area contributed by atoms with Gasteiger partial charge in [0.25, 0.3) is 11.8 Å². The summed E-state index contributed by atoms with van der Waals surface area (Å²) in [6.45, 7) is 0. The number of phenols is 1. The molecular formula is C29H26Cl2N2O7. The predicted molar refractivity (Wildman–Crippen MR) is 146 cm³/mol. The van der Waals surface area contributed by atoms with Crippen molar-refractivity contribution in [2.45, 2.75) is 28.5 Å². The van der Waals surface area contributed by atoms with E-state index in [0.717, 1.165) is 4.90 Å². The summed E-state index contributed by atoms with van der Waals surface area (Å²) >= 11 is 14.4. The van der Waals surface area contributed by atoms with E-state index in [1.54, 1.807) is 30.3 Å². The maximum atomic E-state index is 13.9. The maximum Gasteiger partial charge on any atom is 0.253 e. The van der Waals surface area contributed by atoms with Gasteiger partial charge in [0, 0.05) is 13.0 Å². The minimum Gasteiger partial charge on any atom is -0.502 e. The van der Waals surface area contributed by atoms with E-state index < -0.39 is 45.2 Å². The van der Waals surface area contributed by atoms with Gasteiger partial charge in [-0.3, -0.25) is 29.0 Å². The minimum absolute atomic E-state index is 0.0682. The molecule has 2 aliphatic heterocycles. The van der Waals surface area contributed by atoms with Crippen LogP contribution in [-0.4, -0.2) is 64.7 Å². The number of phenolic OH excluding ortho intramolecular Hbond substituents is 1. The first kappa shape index (κ1) is 26.7. The standard InChI is InChI=1S/C29H26Cl2N2O7/c1-32-26(37)28(30)13-18-16(9-10-17-21(18)25(36)33(24(17)35)15-7-5-4-6-8-15)22(29(28,31)27(32)38)14-11-19(39-2)23(34)20(12-14)40-3/h4-9,11-12,17-18,21-22,34H,10,13H2,1-3H3. The molecule has 4 aliphatic rings. The zero-order valence-corrected chi connectivity index (χ0v) is 23.4. The Hall–Kier alpha value is -3.56. The lowest BCUT2D eigenvalue weighted by atomic mass is 9.56. The molecule has 2 aromatic rings. The highest BCUT2D eigenvalue weighted by molar-refractivity contribution is 6.53. The molecule has 208 valence electrons. The van der Waals surface area contributed by atoms with E-state index in [1.165, 1.54) is 38.3 Å². The van der Waals surface area contributed by atoms with Crippen LogP contribution in [0.3, 0.4) is 0 Å². The first-order chi connectivity index (χ1) is 19.0. The average Bonchev–Trinajstić information content (AvgIpc) is 3.28. The van der Waals surface area contributed by atoms with Gasteiger partial charge in [-0.15, -0.1) is 23.2 Å². The first-order valence-electron chi connectivity index (χ1n) is 12.8. The predicted octanol–water partition coefficient (Wildman–Crippen LogP) is 3.60. The third-order valence-corrected chi connectivity index (χ3v) is 10.3. The summed E-state index contributed by atoms with van der Waals surface area (Å²) in [5.74, 6) is -5.28. The van der Waals surface area contributed by atoms with Gasteiger partial charge in [0.1, 0.15) is 0 Å². The molecule has 11 heteroatoms. The fourth-order valence-corrected chi connectivity index (χ4v) is 8.05. The number of rotatable bonds is 4. The van der Waals surface area contributed by atoms with E-state index in [9.17, 15) is 24.3 Å². The van der Waals surface area contributed by atoms with Crippen molar-refractivity contribution in [3.05, 3.63) is 59.7 Å². The molecule has 2 heterocycles. The van der Waals surface area contributed by atoms with Crippen LogP contribution in [0.2, 0.25) is 0 Å². The van der Waals surface area contributed by atoms with Gasteiger partial charge in [-0.2, -0.15) is 0 Å². The van der Waals surface area contributed by atoms with Gasteiger partial charge >= 0.3 is 0 Å². The quantitative estimate of drug-likeness (QED) is 0.332. The van der Waals surface area contributed by atoms with Gasteiger partial charge in [0.05, 0.1) is 31.7 Å². The zero-order valence-electron chi connectivity index (χ0n) is 21.9. The van der Waals surface area contributed by atoms with Crippen LogP contribution in [-0.2, 0) is 19.2 Å². The van der Waals surface area contributed by atoms with E-state index in [2.05, 4.69) is 0 Å². The number of fused-ring (bicyclic) bond motifs is 4. The second-order valence-electron chi connectivity index (χ2n) is 10.6. The second-order valence-corrected chi connectivity index (χ2v) is 11.9. The lowest BCUT2D eigenvalue weighted by Crippen LogP contribution is -2.60. The molecule has 3 fully saturated rings. The van der Waals surface area contributed by atoms with E-state index in [0.29, 0.717) is 16.8 Å². The number of anilines is 1. The molecule has 6 atom stereocenters. The van der Waals surface area contributed by atoms with Crippen LogP contribution in [0.4, 0.5) is 5.69 Å². The van der Waals surface area contributed by atoms with E-state index in [-0.39, 0.29) is 41.9 Å². The van der Waals surface area contributed by atoms with Crippen LogP contribution in [0.1, 0.15) is 24.3 Å². The van der Waals surface area contributed by atoms with Crippen molar-refractivity contribution in [2.24, 2.45) is 17.8 Å². The minimum atomic E-state index is -1.95. The molecule has 2 saturated heterocycles. The Morgan fingerprint density at radius 1 is 0.925 bits per heavy atom. The highest BCUT2D eigenvalue weighted by Crippen LogP contribution is 2.66. The molecule has 0 spiro atoms. The maximum absolute atomic E-state index is 13.9. The summed E-state index contributed by atoms with van der Waals surface area (Å²) < 4.78 is 10.7. The van der Waals surface area contributed by atoms with Crippen LogP contribution in [0.25, 0.3) is 0 Å². The third-order valence-electron chi connectivity index (χ3n) is 8.86. The molecule has 0 radical (unpaired) electrons. The van der Waals surface area contributed by atoms with Gasteiger partial charge in [-0.05, 0) is 48.6 Å². The molecule has 2 aliphatic carbocycles. The van der Waals surface area contributed by atoms with Crippen molar-refractivity contribution in [2.75, 3.05) is 26.2 Å². The van der Waals surface area contributed by atoms with Gasteiger partial charge < -0.3 is 14.6 Å². The number of alkyl halides is 2. The number of imide groups is 2. The molecule has 6 rings (SSSR count). The molecule has 40 heavy (non-hydrogen) atoms. The van der Waals surface area contributed by atoms with Crippen molar-refractivity contribution < 1.29 is 33.8 Å². The van der Waals surface area contributed by atoms with Crippen LogP contribution >= 0.6 is 23.2 Å². The SMILES string of the molecule is COc1cc(C2C3=CCC4C(=O)N(c5ccccc5)C(=O)C4C3CC3(Cl)C(=O)N(C)C(=O)C23Cl)cc(OC)c1O. The first-order valence-corrected chi connectivity index (χ1v) is 13.5. The number of amides is 4. The summed E-state index contributed by atoms with van der Waals surface area (Å²) in [7, 11) is 4.07. The molecule has 1 saturated carbocycles. The number of hydrogen-bond donors (Lipinski definition) is 1. The van der Waals surface area contributed by atoms with E-state index in [1.807, 2.05) is 6.08 Å². The lowest BCUT2D eigenvalue weighted by Gasteiger charge is -2.50. The largest absolute Gasteiger partial charge is 0.502 e. The summed E-state index contributed by atoms with van der Waals surface area (Å²) in [5.41, 5.74) is 1.51. The van der Waals surface area contributed by atoms with Crippen molar-refractivity contribution in [3.8, 4) is 17.2 Å². The van der Waals surface area contributed by atoms with Crippen molar-refractivity contribution in [3.63, 3.8) is 0 Å². The van der Waals surface area contributed by atoms with Crippen molar-refractivity contribution in [1.82, 2.24) is 4.90 Å². The van der Waals surface area contributed by atoms with Gasteiger partial charge in [0.2, 0.25) is 17.6 Å². The molecule has 1 N–H and O–H groups in total. The van der Waals surface area contributed by atoms with Gasteiger partial charge in [-0.25, -0.2) is 0 Å². The molecule has 0 bridgehead atoms. The smallest absolute Gasteiger partial charge is 0.253 e. The number of para-hydroxylation sites is 1. The van der Waals surface area contributed by atoms with Crippen molar-refractivity contribution in [1.29, 1.82) is 0 Å². The average molecular weight is 585 g/mol. The number of likely N-dealkylation sites (tertiary alicyclic amines) is 1. The fourth-order valence-electron chi connectivity index (χ4n) is 7.03. The Kier molecular flexibility index (Phi) is 5.98. The van der Waals surface area contributed by atoms with Crippen LogP contribution in [0.15, 0.2) is 54.1 Å². The molecule has 6 unspecified atom stereocenters. The number of carbonyl (C=O) groups excluding carboxylic acids is 4. The number of aromatic hydroxyl groups is 1. The zero-order chi connectivity index (χ0) is 28.7. The highest BCUT2D eigenvalue weighted by Gasteiger charge is 2.76. The topological polar surface area (TPSA) is 113 Å². The molecular weight excluding hydrogens is 559 g/mol. The normalized spacial score (nSPS) is 33.0. The molecule has 4 amide bonds. The molecule has 0 aromatic heterocycles.